The Kier molecular flexibility index (Phi) is 4.49. The highest BCUT2D eigenvalue weighted by Gasteiger charge is 2.35. The van der Waals surface area contributed by atoms with E-state index in [-0.39, 0.29) is 11.9 Å². The first-order valence-corrected chi connectivity index (χ1v) is 8.43. The van der Waals surface area contributed by atoms with Crippen molar-refractivity contribution in [3.8, 4) is 11.5 Å². The van der Waals surface area contributed by atoms with E-state index in [4.69, 9.17) is 15.2 Å². The lowest BCUT2D eigenvalue weighted by atomic mass is 10.1. The first-order valence-electron chi connectivity index (χ1n) is 8.43. The number of aromatic nitrogens is 3. The van der Waals surface area contributed by atoms with Gasteiger partial charge in [0.25, 0.3) is 5.91 Å². The lowest BCUT2D eigenvalue weighted by Gasteiger charge is -2.18. The molecular formula is C18H14F3N5O3. The van der Waals surface area contributed by atoms with Crippen molar-refractivity contribution in [1.29, 1.82) is 0 Å². The quantitative estimate of drug-likeness (QED) is 0.690. The number of nitrogens with two attached hydrogens (primary N) is 1. The van der Waals surface area contributed by atoms with Crippen LogP contribution in [0, 0.1) is 0 Å². The molecule has 11 heteroatoms. The van der Waals surface area contributed by atoms with Gasteiger partial charge >= 0.3 is 6.18 Å². The molecule has 0 saturated carbocycles. The Labute approximate surface area is 162 Å². The van der Waals surface area contributed by atoms with E-state index in [2.05, 4.69) is 15.4 Å². The molecule has 4 rings (SSSR count). The van der Waals surface area contributed by atoms with E-state index in [0.717, 1.165) is 12.1 Å². The number of hydrogen-bond acceptors (Lipinski definition) is 7. The fourth-order valence-electron chi connectivity index (χ4n) is 2.81. The summed E-state index contributed by atoms with van der Waals surface area (Å²) >= 11 is 0. The third-order valence-corrected chi connectivity index (χ3v) is 4.09. The molecule has 2 heterocycles. The number of benzene rings is 2. The summed E-state index contributed by atoms with van der Waals surface area (Å²) in [7, 11) is 0. The van der Waals surface area contributed by atoms with E-state index in [1.807, 2.05) is 0 Å². The second kappa shape index (κ2) is 7.00. The molecule has 1 aliphatic heterocycles. The number of nitrogens with one attached hydrogen (secondary N) is 1. The molecule has 0 radical (unpaired) electrons. The third kappa shape index (κ3) is 3.66. The summed E-state index contributed by atoms with van der Waals surface area (Å²) in [6, 6.07) is 9.39. The zero-order valence-corrected chi connectivity index (χ0v) is 14.7. The zero-order valence-electron chi connectivity index (χ0n) is 14.7. The number of anilines is 3. The molecule has 0 aliphatic carbocycles. The number of nitrogen functional groups attached to an aromatic ring is 1. The maximum Gasteiger partial charge on any atom is 0.417 e. The van der Waals surface area contributed by atoms with Gasteiger partial charge < -0.3 is 20.5 Å². The molecule has 1 aliphatic rings. The minimum atomic E-state index is -4.70. The maximum absolute atomic E-state index is 13.2. The smallest absolute Gasteiger partial charge is 0.417 e. The Morgan fingerprint density at radius 2 is 1.83 bits per heavy atom. The minimum absolute atomic E-state index is 0.0583. The van der Waals surface area contributed by atoms with Gasteiger partial charge in [0.05, 0.1) is 11.1 Å². The van der Waals surface area contributed by atoms with E-state index < -0.39 is 23.2 Å². The van der Waals surface area contributed by atoms with E-state index in [9.17, 15) is 18.0 Å². The van der Waals surface area contributed by atoms with Crippen LogP contribution < -0.4 is 20.5 Å². The standard InChI is InChI=1S/C18H14F3N5O3/c19-18(20,21)12-4-2-1-3-11(12)15(27)26-16(22)24-17(25-26)23-10-5-6-13-14(9-10)29-8-7-28-13/h1-6,9H,7-8H2,(H3,22,23,24,25). The SMILES string of the molecule is Nc1nc(Nc2ccc3c(c2)OCCO3)nn1C(=O)c1ccccc1C(F)(F)F. The van der Waals surface area contributed by atoms with Gasteiger partial charge in [-0.2, -0.15) is 22.8 Å². The molecule has 2 aromatic carbocycles. The summed E-state index contributed by atoms with van der Waals surface area (Å²) in [5.74, 6) is -0.357. The zero-order chi connectivity index (χ0) is 20.6. The fourth-order valence-corrected chi connectivity index (χ4v) is 2.81. The van der Waals surface area contributed by atoms with E-state index in [1.165, 1.54) is 12.1 Å². The second-order valence-electron chi connectivity index (χ2n) is 6.04. The van der Waals surface area contributed by atoms with Crippen LogP contribution in [-0.4, -0.2) is 33.9 Å². The maximum atomic E-state index is 13.2. The molecule has 150 valence electrons. The number of halogens is 3. The molecule has 0 amide bonds. The lowest BCUT2D eigenvalue weighted by Crippen LogP contribution is -2.21. The average molecular weight is 405 g/mol. The van der Waals surface area contributed by atoms with Gasteiger partial charge in [-0.25, -0.2) is 0 Å². The number of carbonyl (C=O) groups is 1. The second-order valence-corrected chi connectivity index (χ2v) is 6.04. The van der Waals surface area contributed by atoms with Crippen LogP contribution in [0.15, 0.2) is 42.5 Å². The van der Waals surface area contributed by atoms with Crippen molar-refractivity contribution in [2.45, 2.75) is 6.18 Å². The summed E-state index contributed by atoms with van der Waals surface area (Å²) < 4.78 is 51.1. The highest BCUT2D eigenvalue weighted by atomic mass is 19.4. The van der Waals surface area contributed by atoms with Crippen LogP contribution in [-0.2, 0) is 6.18 Å². The largest absolute Gasteiger partial charge is 0.486 e. The van der Waals surface area contributed by atoms with Crippen LogP contribution in [0.1, 0.15) is 15.9 Å². The van der Waals surface area contributed by atoms with Gasteiger partial charge in [0.1, 0.15) is 13.2 Å². The molecule has 0 bridgehead atoms. The van der Waals surface area contributed by atoms with Gasteiger partial charge in [-0.05, 0) is 24.3 Å². The minimum Gasteiger partial charge on any atom is -0.486 e. The van der Waals surface area contributed by atoms with Gasteiger partial charge in [-0.3, -0.25) is 4.79 Å². The number of nitrogens with zero attached hydrogens (tertiary/aromatic N) is 3. The molecule has 3 aromatic rings. The number of alkyl halides is 3. The van der Waals surface area contributed by atoms with Crippen molar-refractivity contribution in [2.24, 2.45) is 0 Å². The van der Waals surface area contributed by atoms with Crippen molar-refractivity contribution in [3.63, 3.8) is 0 Å². The number of fused-ring (bicyclic) bond motifs is 1. The Morgan fingerprint density at radius 3 is 2.59 bits per heavy atom. The third-order valence-electron chi connectivity index (χ3n) is 4.09. The Hall–Kier alpha value is -3.76. The monoisotopic (exact) mass is 405 g/mol. The molecule has 8 nitrogen and oxygen atoms in total. The first-order chi connectivity index (χ1) is 13.8. The summed E-state index contributed by atoms with van der Waals surface area (Å²) in [4.78, 5) is 16.5. The molecule has 3 N–H and O–H groups in total. The van der Waals surface area contributed by atoms with E-state index in [0.29, 0.717) is 35.1 Å². The first kappa shape index (κ1) is 18.6. The number of hydrogen-bond donors (Lipinski definition) is 2. The Morgan fingerprint density at radius 1 is 1.10 bits per heavy atom. The normalized spacial score (nSPS) is 13.2. The predicted molar refractivity (Wildman–Crippen MR) is 96.3 cm³/mol. The van der Waals surface area contributed by atoms with Crippen molar-refractivity contribution >= 4 is 23.5 Å². The van der Waals surface area contributed by atoms with Gasteiger partial charge in [0.2, 0.25) is 11.9 Å². The average Bonchev–Trinajstić information content (AvgIpc) is 3.06. The topological polar surface area (TPSA) is 104 Å². The number of carbonyl (C=O) groups excluding carboxylic acids is 1. The van der Waals surface area contributed by atoms with Crippen molar-refractivity contribution in [1.82, 2.24) is 14.8 Å². The van der Waals surface area contributed by atoms with Gasteiger partial charge in [-0.15, -0.1) is 5.10 Å². The Balaban J connectivity index is 1.61. The molecule has 0 saturated heterocycles. The van der Waals surface area contributed by atoms with Crippen LogP contribution in [0.4, 0.5) is 30.8 Å². The molecule has 29 heavy (non-hydrogen) atoms. The Bertz CT molecular complexity index is 1080. The molecule has 0 fully saturated rings. The van der Waals surface area contributed by atoms with Crippen molar-refractivity contribution in [3.05, 3.63) is 53.6 Å². The number of ether oxygens (including phenoxy) is 2. The number of rotatable bonds is 3. The van der Waals surface area contributed by atoms with E-state index >= 15 is 0 Å². The van der Waals surface area contributed by atoms with Crippen LogP contribution in [0.2, 0.25) is 0 Å². The fraction of sp³-hybridized carbons (Fsp3) is 0.167. The highest BCUT2D eigenvalue weighted by molar-refractivity contribution is 5.98. The van der Waals surface area contributed by atoms with Gasteiger partial charge in [0, 0.05) is 11.8 Å². The molecular weight excluding hydrogens is 391 g/mol. The molecule has 0 atom stereocenters. The molecule has 0 unspecified atom stereocenters. The lowest BCUT2D eigenvalue weighted by molar-refractivity contribution is -0.137. The summed E-state index contributed by atoms with van der Waals surface area (Å²) in [5, 5.41) is 6.73. The van der Waals surface area contributed by atoms with Crippen molar-refractivity contribution in [2.75, 3.05) is 24.3 Å². The summed E-state index contributed by atoms with van der Waals surface area (Å²) in [6.07, 6.45) is -4.70. The van der Waals surface area contributed by atoms with Crippen LogP contribution >= 0.6 is 0 Å². The highest BCUT2D eigenvalue weighted by Crippen LogP contribution is 2.34. The predicted octanol–water partition coefficient (Wildman–Crippen LogP) is 3.08. The van der Waals surface area contributed by atoms with Gasteiger partial charge in [-0.1, -0.05) is 12.1 Å². The van der Waals surface area contributed by atoms with Crippen LogP contribution in [0.5, 0.6) is 11.5 Å². The summed E-state index contributed by atoms with van der Waals surface area (Å²) in [6.45, 7) is 0.854. The molecule has 0 spiro atoms. The van der Waals surface area contributed by atoms with Crippen LogP contribution in [0.3, 0.4) is 0 Å². The van der Waals surface area contributed by atoms with Gasteiger partial charge in [0.15, 0.2) is 11.5 Å². The molecule has 1 aromatic heterocycles. The van der Waals surface area contributed by atoms with Crippen molar-refractivity contribution < 1.29 is 27.4 Å². The van der Waals surface area contributed by atoms with E-state index in [1.54, 1.807) is 18.2 Å². The summed E-state index contributed by atoms with van der Waals surface area (Å²) in [5.41, 5.74) is 4.57. The van der Waals surface area contributed by atoms with Crippen LogP contribution in [0.25, 0.3) is 0 Å².